The summed E-state index contributed by atoms with van der Waals surface area (Å²) in [6.45, 7) is 2.01. The number of guanidine groups is 1. The first-order chi connectivity index (χ1) is 25.2. The van der Waals surface area contributed by atoms with Crippen molar-refractivity contribution in [3.8, 4) is 12.3 Å². The fourth-order valence-corrected chi connectivity index (χ4v) is 8.07. The lowest BCUT2D eigenvalue weighted by Crippen LogP contribution is -2.49. The van der Waals surface area contributed by atoms with E-state index in [9.17, 15) is 0 Å². The van der Waals surface area contributed by atoms with Crippen LogP contribution in [0.15, 0.2) is 150 Å². The molecule has 0 fully saturated rings. The highest BCUT2D eigenvalue weighted by Gasteiger charge is 2.43. The zero-order valence-electron chi connectivity index (χ0n) is 28.7. The largest absolute Gasteiger partial charge is 0.319 e. The molecule has 1 aromatic heterocycles. The standard InChI is InChI=1S/C46H37N5/c1-4-6-22-33(5-2)50-40-25-15-9-14-23-34(40)36-27-30-39-38(42(36)50)29-28-37-35-24-16-17-26-41(35)51(43(37)39)46-48-44(31-18-10-7-11-19-31)47-45(49(46)3)32-20-12-8-13-21-32/h2,4,6-8,10-30,35,41,45H,9H2,1,3H3/b6-4-,33-22+. The highest BCUT2D eigenvalue weighted by atomic mass is 15.5. The number of amidine groups is 1. The lowest BCUT2D eigenvalue weighted by Gasteiger charge is -2.39. The van der Waals surface area contributed by atoms with Gasteiger partial charge in [-0.25, -0.2) is 4.99 Å². The molecule has 0 radical (unpaired) electrons. The predicted molar refractivity (Wildman–Crippen MR) is 215 cm³/mol. The lowest BCUT2D eigenvalue weighted by atomic mass is 9.90. The Morgan fingerprint density at radius 2 is 1.61 bits per heavy atom. The molecule has 3 atom stereocenters. The summed E-state index contributed by atoms with van der Waals surface area (Å²) in [4.78, 5) is 15.3. The van der Waals surface area contributed by atoms with Crippen molar-refractivity contribution >= 4 is 57.0 Å². The zero-order valence-corrected chi connectivity index (χ0v) is 28.7. The third kappa shape index (κ3) is 4.87. The highest BCUT2D eigenvalue weighted by Crippen LogP contribution is 2.50. The number of terminal acetylenes is 1. The number of rotatable bonds is 4. The molecule has 2 aliphatic carbocycles. The van der Waals surface area contributed by atoms with Gasteiger partial charge in [0.1, 0.15) is 0 Å². The van der Waals surface area contributed by atoms with Gasteiger partial charge in [0.25, 0.3) is 0 Å². The molecule has 5 aromatic rings. The number of aromatic nitrogens is 1. The van der Waals surface area contributed by atoms with Crippen LogP contribution in [0.1, 0.15) is 53.4 Å². The molecule has 5 heteroatoms. The molecule has 3 unspecified atom stereocenters. The van der Waals surface area contributed by atoms with E-state index in [1.54, 1.807) is 0 Å². The molecule has 4 aliphatic rings. The van der Waals surface area contributed by atoms with Crippen LogP contribution in [0.25, 0.3) is 39.5 Å². The number of nitrogens with zero attached hydrogens (tertiary/aromatic N) is 5. The quantitative estimate of drug-likeness (QED) is 0.142. The minimum absolute atomic E-state index is 0.0456. The van der Waals surface area contributed by atoms with Crippen molar-refractivity contribution in [2.24, 2.45) is 9.98 Å². The van der Waals surface area contributed by atoms with Gasteiger partial charge in [0.05, 0.1) is 28.6 Å². The Labute approximate surface area is 299 Å². The van der Waals surface area contributed by atoms with Crippen LogP contribution >= 0.6 is 0 Å². The van der Waals surface area contributed by atoms with Crippen molar-refractivity contribution in [2.45, 2.75) is 31.5 Å². The fraction of sp³-hybridized carbons (Fsp3) is 0.130. The van der Waals surface area contributed by atoms with E-state index in [0.29, 0.717) is 0 Å². The Kier molecular flexibility index (Phi) is 7.51. The van der Waals surface area contributed by atoms with Gasteiger partial charge in [-0.2, -0.15) is 4.99 Å². The van der Waals surface area contributed by atoms with Gasteiger partial charge in [0, 0.05) is 40.3 Å². The van der Waals surface area contributed by atoms with E-state index in [0.717, 1.165) is 57.0 Å². The average molecular weight is 660 g/mol. The summed E-state index contributed by atoms with van der Waals surface area (Å²) >= 11 is 0. The van der Waals surface area contributed by atoms with Gasteiger partial charge >= 0.3 is 0 Å². The van der Waals surface area contributed by atoms with Gasteiger partial charge < -0.3 is 14.4 Å². The molecule has 0 N–H and O–H groups in total. The fourth-order valence-electron chi connectivity index (χ4n) is 8.07. The molecule has 0 saturated heterocycles. The molecule has 2 aliphatic heterocycles. The van der Waals surface area contributed by atoms with E-state index in [4.69, 9.17) is 16.4 Å². The van der Waals surface area contributed by atoms with Crippen LogP contribution in [0, 0.1) is 12.3 Å². The third-order valence-corrected chi connectivity index (χ3v) is 10.4. The van der Waals surface area contributed by atoms with Crippen molar-refractivity contribution in [1.82, 2.24) is 9.47 Å². The minimum Gasteiger partial charge on any atom is -0.319 e. The average Bonchev–Trinajstić information content (AvgIpc) is 3.56. The maximum absolute atomic E-state index is 6.27. The summed E-state index contributed by atoms with van der Waals surface area (Å²) in [5, 5.41) is 3.49. The molecule has 4 aromatic carbocycles. The summed E-state index contributed by atoms with van der Waals surface area (Å²) in [5.74, 6) is 4.78. The van der Waals surface area contributed by atoms with E-state index in [1.165, 1.54) is 22.2 Å². The SMILES string of the molecule is C#C/C(=C\C=C/C)n1c2c(c3ccc4c5c(ccc4c31)C1C=CC=CC1N5C1=NC(c3ccccc3)=NC(c3ccccc3)N1C)C=CCC=C2. The Bertz CT molecular complexity index is 2500. The van der Waals surface area contributed by atoms with Crippen LogP contribution in [-0.4, -0.2) is 34.4 Å². The third-order valence-electron chi connectivity index (χ3n) is 10.4. The predicted octanol–water partition coefficient (Wildman–Crippen LogP) is 10.1. The first-order valence-corrected chi connectivity index (χ1v) is 17.6. The first kappa shape index (κ1) is 30.7. The number of hydrogen-bond donors (Lipinski definition) is 0. The Morgan fingerprint density at radius 3 is 2.41 bits per heavy atom. The molecule has 51 heavy (non-hydrogen) atoms. The van der Waals surface area contributed by atoms with Crippen LogP contribution in [0.3, 0.4) is 0 Å². The lowest BCUT2D eigenvalue weighted by molar-refractivity contribution is 0.373. The van der Waals surface area contributed by atoms with E-state index >= 15 is 0 Å². The monoisotopic (exact) mass is 659 g/mol. The normalized spacial score (nSPS) is 20.7. The van der Waals surface area contributed by atoms with E-state index in [-0.39, 0.29) is 18.1 Å². The number of allylic oxidation sites excluding steroid dienone is 8. The second-order valence-corrected chi connectivity index (χ2v) is 13.2. The first-order valence-electron chi connectivity index (χ1n) is 17.6. The molecule has 5 nitrogen and oxygen atoms in total. The van der Waals surface area contributed by atoms with Gasteiger partial charge in [-0.05, 0) is 36.6 Å². The molecule has 0 spiro atoms. The zero-order chi connectivity index (χ0) is 34.5. The van der Waals surface area contributed by atoms with Gasteiger partial charge in [0.2, 0.25) is 5.96 Å². The molecule has 246 valence electrons. The highest BCUT2D eigenvalue weighted by molar-refractivity contribution is 6.20. The molecule has 9 rings (SSSR count). The van der Waals surface area contributed by atoms with Gasteiger partial charge in [0.15, 0.2) is 12.0 Å². The molecular weight excluding hydrogens is 623 g/mol. The summed E-state index contributed by atoms with van der Waals surface area (Å²) < 4.78 is 2.27. The van der Waals surface area contributed by atoms with Crippen LogP contribution in [0.5, 0.6) is 0 Å². The molecule has 0 bridgehead atoms. The number of anilines is 1. The van der Waals surface area contributed by atoms with Crippen LogP contribution < -0.4 is 4.90 Å². The van der Waals surface area contributed by atoms with Crippen molar-refractivity contribution in [3.05, 3.63) is 168 Å². The van der Waals surface area contributed by atoms with Gasteiger partial charge in [-0.1, -0.05) is 146 Å². The molecule has 3 heterocycles. The van der Waals surface area contributed by atoms with Crippen molar-refractivity contribution in [2.75, 3.05) is 11.9 Å². The maximum atomic E-state index is 6.27. The Morgan fingerprint density at radius 1 is 0.863 bits per heavy atom. The van der Waals surface area contributed by atoms with Crippen molar-refractivity contribution in [1.29, 1.82) is 0 Å². The summed E-state index contributed by atoms with van der Waals surface area (Å²) in [7, 11) is 2.12. The molecule has 0 amide bonds. The summed E-state index contributed by atoms with van der Waals surface area (Å²) in [5.41, 5.74) is 8.76. The minimum atomic E-state index is -0.248. The van der Waals surface area contributed by atoms with Crippen LogP contribution in [0.2, 0.25) is 0 Å². The summed E-state index contributed by atoms with van der Waals surface area (Å²) in [6, 6.07) is 30.1. The van der Waals surface area contributed by atoms with Crippen molar-refractivity contribution < 1.29 is 0 Å². The Balaban J connectivity index is 1.32. The molecular formula is C46H37N5. The number of fused-ring (bicyclic) bond motifs is 9. The molecule has 0 saturated carbocycles. The van der Waals surface area contributed by atoms with Gasteiger partial charge in [-0.15, -0.1) is 6.42 Å². The summed E-state index contributed by atoms with van der Waals surface area (Å²) in [6.07, 6.45) is 30.8. The number of benzene rings is 4. The number of hydrogen-bond acceptors (Lipinski definition) is 4. The maximum Gasteiger partial charge on any atom is 0.210 e. The van der Waals surface area contributed by atoms with E-state index < -0.39 is 0 Å². The number of aliphatic imine (C=N–C) groups is 2. The second kappa shape index (κ2) is 12.5. The van der Waals surface area contributed by atoms with E-state index in [2.05, 4.69) is 143 Å². The Hall–Kier alpha value is -6.38. The topological polar surface area (TPSA) is 36.1 Å². The van der Waals surface area contributed by atoms with Gasteiger partial charge in [-0.3, -0.25) is 0 Å². The van der Waals surface area contributed by atoms with Crippen molar-refractivity contribution in [3.63, 3.8) is 0 Å². The second-order valence-electron chi connectivity index (χ2n) is 13.2. The smallest absolute Gasteiger partial charge is 0.210 e. The van der Waals surface area contributed by atoms with Crippen LogP contribution in [-0.2, 0) is 0 Å². The van der Waals surface area contributed by atoms with E-state index in [1.807, 2.05) is 43.4 Å². The van der Waals surface area contributed by atoms with Crippen LogP contribution in [0.4, 0.5) is 5.69 Å².